The molecule has 0 bridgehead atoms. The quantitative estimate of drug-likeness (QED) is 0.717. The largest absolute Gasteiger partial charge is 0.192 e. The molecular formula is C13H17NS2. The number of nitriles is 1. The van der Waals surface area contributed by atoms with E-state index < -0.39 is 0 Å². The Kier molecular flexibility index (Phi) is 5.79. The second kappa shape index (κ2) is 6.88. The van der Waals surface area contributed by atoms with Gasteiger partial charge in [-0.3, -0.25) is 0 Å². The Morgan fingerprint density at radius 1 is 1.31 bits per heavy atom. The summed E-state index contributed by atoms with van der Waals surface area (Å²) < 4.78 is 0. The standard InChI is InChI=1S/C13H17NS2/c1-4-10(3)16-13-8-6-7-12(15-5-2)11(13)9-14/h6-8,10H,4-5H2,1-3H3. The fourth-order valence-corrected chi connectivity index (χ4v) is 3.18. The van der Waals surface area contributed by atoms with Gasteiger partial charge in [0.2, 0.25) is 0 Å². The van der Waals surface area contributed by atoms with Crippen molar-refractivity contribution >= 4 is 23.5 Å². The second-order valence-electron chi connectivity index (χ2n) is 3.51. The van der Waals surface area contributed by atoms with Crippen molar-refractivity contribution < 1.29 is 0 Å². The number of hydrogen-bond donors (Lipinski definition) is 0. The van der Waals surface area contributed by atoms with E-state index in [0.29, 0.717) is 5.25 Å². The molecule has 0 amide bonds. The van der Waals surface area contributed by atoms with Crippen LogP contribution in [0.15, 0.2) is 28.0 Å². The Morgan fingerprint density at radius 2 is 2.00 bits per heavy atom. The minimum atomic E-state index is 0.564. The number of rotatable bonds is 5. The highest BCUT2D eigenvalue weighted by molar-refractivity contribution is 8.00. The molecule has 16 heavy (non-hydrogen) atoms. The maximum absolute atomic E-state index is 9.23. The number of thioether (sulfide) groups is 2. The molecule has 1 nitrogen and oxygen atoms in total. The van der Waals surface area contributed by atoms with Crippen LogP contribution in [0.2, 0.25) is 0 Å². The Bertz CT molecular complexity index is 382. The van der Waals surface area contributed by atoms with Crippen LogP contribution in [0.3, 0.4) is 0 Å². The molecule has 0 aliphatic heterocycles. The molecule has 0 saturated heterocycles. The van der Waals surface area contributed by atoms with Crippen LogP contribution in [0.5, 0.6) is 0 Å². The molecule has 0 heterocycles. The van der Waals surface area contributed by atoms with E-state index in [2.05, 4.69) is 32.9 Å². The molecule has 0 spiro atoms. The van der Waals surface area contributed by atoms with Crippen LogP contribution in [0.4, 0.5) is 0 Å². The van der Waals surface area contributed by atoms with Crippen LogP contribution in [0.25, 0.3) is 0 Å². The van der Waals surface area contributed by atoms with Gasteiger partial charge in [0.05, 0.1) is 5.56 Å². The van der Waals surface area contributed by atoms with E-state index in [4.69, 9.17) is 0 Å². The van der Waals surface area contributed by atoms with Crippen molar-refractivity contribution in [1.82, 2.24) is 0 Å². The number of nitrogens with zero attached hydrogens (tertiary/aromatic N) is 1. The first-order chi connectivity index (χ1) is 7.72. The van der Waals surface area contributed by atoms with E-state index >= 15 is 0 Å². The highest BCUT2D eigenvalue weighted by Crippen LogP contribution is 2.33. The zero-order valence-corrected chi connectivity index (χ0v) is 11.6. The molecule has 1 atom stereocenters. The molecule has 0 aromatic heterocycles. The minimum absolute atomic E-state index is 0.564. The van der Waals surface area contributed by atoms with Gasteiger partial charge in [0.15, 0.2) is 0 Å². The topological polar surface area (TPSA) is 23.8 Å². The van der Waals surface area contributed by atoms with Crippen molar-refractivity contribution in [3.05, 3.63) is 23.8 Å². The van der Waals surface area contributed by atoms with Gasteiger partial charge in [-0.05, 0) is 24.3 Å². The first-order valence-corrected chi connectivity index (χ1v) is 7.42. The fourth-order valence-electron chi connectivity index (χ4n) is 1.30. The summed E-state index contributed by atoms with van der Waals surface area (Å²) in [7, 11) is 0. The molecule has 3 heteroatoms. The second-order valence-corrected chi connectivity index (χ2v) is 6.30. The predicted molar refractivity (Wildman–Crippen MR) is 73.2 cm³/mol. The third-order valence-corrected chi connectivity index (χ3v) is 4.57. The van der Waals surface area contributed by atoms with E-state index in [0.717, 1.165) is 27.5 Å². The summed E-state index contributed by atoms with van der Waals surface area (Å²) in [5.41, 5.74) is 0.847. The van der Waals surface area contributed by atoms with Gasteiger partial charge in [-0.1, -0.05) is 26.8 Å². The lowest BCUT2D eigenvalue weighted by Crippen LogP contribution is -1.94. The number of hydrogen-bond acceptors (Lipinski definition) is 3. The third-order valence-electron chi connectivity index (χ3n) is 2.30. The summed E-state index contributed by atoms with van der Waals surface area (Å²) in [4.78, 5) is 2.23. The van der Waals surface area contributed by atoms with Crippen LogP contribution in [-0.4, -0.2) is 11.0 Å². The lowest BCUT2D eigenvalue weighted by Gasteiger charge is -2.11. The Morgan fingerprint density at radius 3 is 2.56 bits per heavy atom. The predicted octanol–water partition coefficient (Wildman–Crippen LogP) is 4.56. The van der Waals surface area contributed by atoms with Gasteiger partial charge < -0.3 is 0 Å². The molecular weight excluding hydrogens is 234 g/mol. The lowest BCUT2D eigenvalue weighted by atomic mass is 10.2. The third kappa shape index (κ3) is 3.47. The van der Waals surface area contributed by atoms with Crippen LogP contribution < -0.4 is 0 Å². The Hall–Kier alpha value is -0.590. The summed E-state index contributed by atoms with van der Waals surface area (Å²) in [6, 6.07) is 8.47. The molecule has 0 aliphatic rings. The van der Waals surface area contributed by atoms with Gasteiger partial charge in [-0.25, -0.2) is 0 Å². The molecule has 0 saturated carbocycles. The molecule has 0 N–H and O–H groups in total. The van der Waals surface area contributed by atoms with Gasteiger partial charge in [-0.15, -0.1) is 23.5 Å². The van der Waals surface area contributed by atoms with E-state index in [1.807, 2.05) is 12.1 Å². The first kappa shape index (κ1) is 13.5. The summed E-state index contributed by atoms with van der Waals surface area (Å²) in [5.74, 6) is 1.01. The Labute approximate surface area is 107 Å². The summed E-state index contributed by atoms with van der Waals surface area (Å²) >= 11 is 3.54. The van der Waals surface area contributed by atoms with Crippen LogP contribution in [0.1, 0.15) is 32.8 Å². The maximum atomic E-state index is 9.23. The van der Waals surface area contributed by atoms with Gasteiger partial charge >= 0.3 is 0 Å². The monoisotopic (exact) mass is 251 g/mol. The highest BCUT2D eigenvalue weighted by atomic mass is 32.2. The lowest BCUT2D eigenvalue weighted by molar-refractivity contribution is 0.905. The summed E-state index contributed by atoms with van der Waals surface area (Å²) in [5, 5.41) is 9.80. The van der Waals surface area contributed by atoms with Gasteiger partial charge in [0.25, 0.3) is 0 Å². The molecule has 86 valence electrons. The smallest absolute Gasteiger partial charge is 0.101 e. The van der Waals surface area contributed by atoms with Crippen LogP contribution in [-0.2, 0) is 0 Å². The Balaban J connectivity index is 3.00. The van der Waals surface area contributed by atoms with E-state index in [1.54, 1.807) is 23.5 Å². The summed E-state index contributed by atoms with van der Waals surface area (Å²) in [6.07, 6.45) is 1.13. The zero-order chi connectivity index (χ0) is 12.0. The molecule has 0 radical (unpaired) electrons. The van der Waals surface area contributed by atoms with Crippen molar-refractivity contribution in [3.8, 4) is 6.07 Å². The molecule has 1 aromatic carbocycles. The van der Waals surface area contributed by atoms with E-state index in [-0.39, 0.29) is 0 Å². The molecule has 0 aliphatic carbocycles. The normalized spacial score (nSPS) is 12.1. The maximum Gasteiger partial charge on any atom is 0.101 e. The van der Waals surface area contributed by atoms with Crippen LogP contribution >= 0.6 is 23.5 Å². The van der Waals surface area contributed by atoms with Gasteiger partial charge in [0.1, 0.15) is 6.07 Å². The van der Waals surface area contributed by atoms with Crippen molar-refractivity contribution in [2.24, 2.45) is 0 Å². The highest BCUT2D eigenvalue weighted by Gasteiger charge is 2.10. The van der Waals surface area contributed by atoms with Gasteiger partial charge in [-0.2, -0.15) is 5.26 Å². The fraction of sp³-hybridized carbons (Fsp3) is 0.462. The number of benzene rings is 1. The molecule has 1 unspecified atom stereocenters. The summed E-state index contributed by atoms with van der Waals surface area (Å²) in [6.45, 7) is 6.49. The van der Waals surface area contributed by atoms with E-state index in [9.17, 15) is 5.26 Å². The minimum Gasteiger partial charge on any atom is -0.192 e. The molecule has 0 fully saturated rings. The SMILES string of the molecule is CCSc1cccc(SC(C)CC)c1C#N. The zero-order valence-electron chi connectivity index (χ0n) is 9.99. The average molecular weight is 251 g/mol. The van der Waals surface area contributed by atoms with E-state index in [1.165, 1.54) is 0 Å². The molecule has 1 rings (SSSR count). The van der Waals surface area contributed by atoms with Crippen LogP contribution in [0, 0.1) is 11.3 Å². The van der Waals surface area contributed by atoms with Gasteiger partial charge in [0, 0.05) is 15.0 Å². The van der Waals surface area contributed by atoms with Crippen molar-refractivity contribution in [2.75, 3.05) is 5.75 Å². The average Bonchev–Trinajstić information content (AvgIpc) is 2.29. The van der Waals surface area contributed by atoms with Crippen molar-refractivity contribution in [1.29, 1.82) is 5.26 Å². The molecule has 1 aromatic rings. The van der Waals surface area contributed by atoms with Crippen molar-refractivity contribution in [3.63, 3.8) is 0 Å². The first-order valence-electron chi connectivity index (χ1n) is 5.55. The van der Waals surface area contributed by atoms with Crippen molar-refractivity contribution in [2.45, 2.75) is 42.2 Å².